The van der Waals surface area contributed by atoms with Crippen LogP contribution in [0.4, 0.5) is 4.39 Å². The van der Waals surface area contributed by atoms with Crippen LogP contribution < -0.4 is 0 Å². The Morgan fingerprint density at radius 2 is 2.00 bits per heavy atom. The van der Waals surface area contributed by atoms with Gasteiger partial charge in [-0.3, -0.25) is 4.90 Å². The predicted octanol–water partition coefficient (Wildman–Crippen LogP) is 3.40. The van der Waals surface area contributed by atoms with E-state index in [1.807, 2.05) is 18.9 Å². The van der Waals surface area contributed by atoms with Crippen molar-refractivity contribution < 1.29 is 18.3 Å². The monoisotopic (exact) mass is 291 g/mol. The SMILES string of the molecule is COC(=O)c1ccoc1CN(C)C(C)c1ccc(F)cc1. The van der Waals surface area contributed by atoms with Crippen molar-refractivity contribution in [1.82, 2.24) is 4.90 Å². The Bertz CT molecular complexity index is 606. The highest BCUT2D eigenvalue weighted by atomic mass is 19.1. The molecule has 0 spiro atoms. The third-order valence-electron chi connectivity index (χ3n) is 3.56. The molecule has 0 N–H and O–H groups in total. The maximum absolute atomic E-state index is 13.0. The molecule has 2 aromatic rings. The van der Waals surface area contributed by atoms with Gasteiger partial charge < -0.3 is 9.15 Å². The number of hydrogen-bond donors (Lipinski definition) is 0. The summed E-state index contributed by atoms with van der Waals surface area (Å²) in [5.74, 6) is -0.118. The molecule has 5 heteroatoms. The molecule has 1 aromatic heterocycles. The molecule has 1 unspecified atom stereocenters. The minimum Gasteiger partial charge on any atom is -0.467 e. The third kappa shape index (κ3) is 3.49. The molecule has 21 heavy (non-hydrogen) atoms. The number of carbonyl (C=O) groups excluding carboxylic acids is 1. The lowest BCUT2D eigenvalue weighted by molar-refractivity contribution is 0.0596. The number of methoxy groups -OCH3 is 1. The maximum Gasteiger partial charge on any atom is 0.341 e. The van der Waals surface area contributed by atoms with E-state index in [1.54, 1.807) is 18.2 Å². The number of esters is 1. The number of nitrogens with zero attached hydrogens (tertiary/aromatic N) is 1. The van der Waals surface area contributed by atoms with E-state index in [-0.39, 0.29) is 11.9 Å². The van der Waals surface area contributed by atoms with E-state index in [2.05, 4.69) is 0 Å². The minimum atomic E-state index is -0.415. The van der Waals surface area contributed by atoms with Gasteiger partial charge in [-0.15, -0.1) is 0 Å². The molecule has 0 amide bonds. The van der Waals surface area contributed by atoms with Crippen molar-refractivity contribution in [3.8, 4) is 0 Å². The van der Waals surface area contributed by atoms with Gasteiger partial charge in [0.2, 0.25) is 0 Å². The summed E-state index contributed by atoms with van der Waals surface area (Å²) >= 11 is 0. The molecule has 112 valence electrons. The summed E-state index contributed by atoms with van der Waals surface area (Å²) in [4.78, 5) is 13.6. The molecule has 0 radical (unpaired) electrons. The molecule has 0 aliphatic heterocycles. The summed E-state index contributed by atoms with van der Waals surface area (Å²) < 4.78 is 23.0. The normalized spacial score (nSPS) is 12.4. The van der Waals surface area contributed by atoms with Crippen LogP contribution in [-0.2, 0) is 11.3 Å². The van der Waals surface area contributed by atoms with Gasteiger partial charge in [0.05, 0.1) is 19.9 Å². The number of benzene rings is 1. The Hall–Kier alpha value is -2.14. The number of rotatable bonds is 5. The summed E-state index contributed by atoms with van der Waals surface area (Å²) in [6.45, 7) is 2.46. The summed E-state index contributed by atoms with van der Waals surface area (Å²) in [5.41, 5.74) is 1.42. The summed E-state index contributed by atoms with van der Waals surface area (Å²) in [6.07, 6.45) is 1.47. The zero-order chi connectivity index (χ0) is 15.4. The van der Waals surface area contributed by atoms with Crippen molar-refractivity contribution >= 4 is 5.97 Å². The van der Waals surface area contributed by atoms with Crippen molar-refractivity contribution in [1.29, 1.82) is 0 Å². The van der Waals surface area contributed by atoms with Crippen LogP contribution in [0.3, 0.4) is 0 Å². The lowest BCUT2D eigenvalue weighted by Crippen LogP contribution is -2.22. The van der Waals surface area contributed by atoms with Crippen LogP contribution in [0.1, 0.15) is 34.6 Å². The van der Waals surface area contributed by atoms with Gasteiger partial charge in [0.15, 0.2) is 0 Å². The first-order valence-corrected chi connectivity index (χ1v) is 6.63. The topological polar surface area (TPSA) is 42.7 Å². The number of hydrogen-bond acceptors (Lipinski definition) is 4. The zero-order valence-electron chi connectivity index (χ0n) is 12.3. The highest BCUT2D eigenvalue weighted by Gasteiger charge is 2.19. The molecule has 0 bridgehead atoms. The number of ether oxygens (including phenoxy) is 1. The fraction of sp³-hybridized carbons (Fsp3) is 0.312. The molecule has 1 atom stereocenters. The van der Waals surface area contributed by atoms with E-state index in [0.717, 1.165) is 5.56 Å². The maximum atomic E-state index is 13.0. The number of carbonyl (C=O) groups is 1. The van der Waals surface area contributed by atoms with Crippen LogP contribution in [0.25, 0.3) is 0 Å². The predicted molar refractivity (Wildman–Crippen MR) is 76.3 cm³/mol. The Kier molecular flexibility index (Phi) is 4.75. The third-order valence-corrected chi connectivity index (χ3v) is 3.56. The molecule has 4 nitrogen and oxygen atoms in total. The summed E-state index contributed by atoms with van der Waals surface area (Å²) in [5, 5.41) is 0. The van der Waals surface area contributed by atoms with E-state index in [9.17, 15) is 9.18 Å². The largest absolute Gasteiger partial charge is 0.467 e. The Balaban J connectivity index is 2.10. The molecule has 2 rings (SSSR count). The second-order valence-electron chi connectivity index (χ2n) is 4.89. The average Bonchev–Trinajstić information content (AvgIpc) is 2.94. The highest BCUT2D eigenvalue weighted by molar-refractivity contribution is 5.90. The van der Waals surface area contributed by atoms with Crippen LogP contribution in [0.2, 0.25) is 0 Å². The Morgan fingerprint density at radius 1 is 1.33 bits per heavy atom. The lowest BCUT2D eigenvalue weighted by Gasteiger charge is -2.24. The van der Waals surface area contributed by atoms with Gasteiger partial charge >= 0.3 is 5.97 Å². The van der Waals surface area contributed by atoms with Gasteiger partial charge in [-0.25, -0.2) is 9.18 Å². The van der Waals surface area contributed by atoms with Gasteiger partial charge in [-0.05, 0) is 37.7 Å². The van der Waals surface area contributed by atoms with E-state index in [1.165, 1.54) is 25.5 Å². The number of furan rings is 1. The summed E-state index contributed by atoms with van der Waals surface area (Å²) in [6, 6.07) is 8.03. The van der Waals surface area contributed by atoms with E-state index >= 15 is 0 Å². The quantitative estimate of drug-likeness (QED) is 0.792. The molecule has 0 fully saturated rings. The molecule has 0 saturated carbocycles. The first-order chi connectivity index (χ1) is 10.0. The standard InChI is InChI=1S/C16H18FNO3/c1-11(12-4-6-13(17)7-5-12)18(2)10-15-14(8-9-21-15)16(19)20-3/h4-9,11H,10H2,1-3H3. The highest BCUT2D eigenvalue weighted by Crippen LogP contribution is 2.22. The van der Waals surface area contributed by atoms with Crippen LogP contribution in [0.5, 0.6) is 0 Å². The Morgan fingerprint density at radius 3 is 2.62 bits per heavy atom. The molecule has 1 heterocycles. The van der Waals surface area contributed by atoms with Crippen molar-refractivity contribution in [2.75, 3.05) is 14.2 Å². The van der Waals surface area contributed by atoms with Gasteiger partial charge in [0, 0.05) is 6.04 Å². The van der Waals surface area contributed by atoms with Crippen molar-refractivity contribution in [3.63, 3.8) is 0 Å². The lowest BCUT2D eigenvalue weighted by atomic mass is 10.1. The smallest absolute Gasteiger partial charge is 0.341 e. The minimum absolute atomic E-state index is 0.0567. The first kappa shape index (κ1) is 15.3. The second-order valence-corrected chi connectivity index (χ2v) is 4.89. The number of halogens is 1. The van der Waals surface area contributed by atoms with Gasteiger partial charge in [0.1, 0.15) is 17.1 Å². The Labute approximate surface area is 123 Å². The van der Waals surface area contributed by atoms with Crippen molar-refractivity contribution in [2.45, 2.75) is 19.5 Å². The molecule has 0 aliphatic carbocycles. The second kappa shape index (κ2) is 6.54. The molecule has 0 aliphatic rings. The van der Waals surface area contributed by atoms with Crippen LogP contribution in [0, 0.1) is 5.82 Å². The van der Waals surface area contributed by atoms with E-state index < -0.39 is 5.97 Å². The molecule has 1 aromatic carbocycles. The van der Waals surface area contributed by atoms with Crippen LogP contribution in [0.15, 0.2) is 41.0 Å². The van der Waals surface area contributed by atoms with Gasteiger partial charge in [-0.2, -0.15) is 0 Å². The van der Waals surface area contributed by atoms with E-state index in [0.29, 0.717) is 17.9 Å². The van der Waals surface area contributed by atoms with Crippen molar-refractivity contribution in [3.05, 3.63) is 59.3 Å². The van der Waals surface area contributed by atoms with Gasteiger partial charge in [-0.1, -0.05) is 12.1 Å². The van der Waals surface area contributed by atoms with Crippen LogP contribution in [-0.4, -0.2) is 25.0 Å². The summed E-state index contributed by atoms with van der Waals surface area (Å²) in [7, 11) is 3.25. The van der Waals surface area contributed by atoms with Gasteiger partial charge in [0.25, 0.3) is 0 Å². The first-order valence-electron chi connectivity index (χ1n) is 6.63. The zero-order valence-corrected chi connectivity index (χ0v) is 12.3. The fourth-order valence-electron chi connectivity index (χ4n) is 2.11. The molecular weight excluding hydrogens is 273 g/mol. The average molecular weight is 291 g/mol. The molecular formula is C16H18FNO3. The molecule has 0 saturated heterocycles. The van der Waals surface area contributed by atoms with Crippen LogP contribution >= 0.6 is 0 Å². The fourth-order valence-corrected chi connectivity index (χ4v) is 2.11. The van der Waals surface area contributed by atoms with Crippen molar-refractivity contribution in [2.24, 2.45) is 0 Å². The van der Waals surface area contributed by atoms with E-state index in [4.69, 9.17) is 9.15 Å².